The number of amides is 1. The Morgan fingerprint density at radius 1 is 1.15 bits per heavy atom. The van der Waals surface area contributed by atoms with E-state index < -0.39 is 0 Å². The number of nitrogens with one attached hydrogen (secondary N) is 1. The van der Waals surface area contributed by atoms with E-state index in [0.717, 1.165) is 16.6 Å². The molecule has 0 saturated heterocycles. The van der Waals surface area contributed by atoms with Crippen LogP contribution >= 0.6 is 0 Å². The Morgan fingerprint density at radius 2 is 2.07 bits per heavy atom. The Balaban J connectivity index is 1.54. The van der Waals surface area contributed by atoms with Gasteiger partial charge in [0.05, 0.1) is 12.8 Å². The molecule has 4 rings (SSSR count). The molecule has 0 aliphatic rings. The highest BCUT2D eigenvalue weighted by Gasteiger charge is 2.18. The van der Waals surface area contributed by atoms with Crippen molar-refractivity contribution in [2.75, 3.05) is 6.54 Å². The summed E-state index contributed by atoms with van der Waals surface area (Å²) >= 11 is 0. The van der Waals surface area contributed by atoms with Gasteiger partial charge in [0.25, 0.3) is 5.91 Å². The number of hydrogen-bond acceptors (Lipinski definition) is 3. The third-order valence-corrected chi connectivity index (χ3v) is 4.36. The summed E-state index contributed by atoms with van der Waals surface area (Å²) in [4.78, 5) is 17.0. The second-order valence-corrected chi connectivity index (χ2v) is 6.25. The minimum Gasteiger partial charge on any atom is -0.448 e. The third-order valence-electron chi connectivity index (χ3n) is 4.36. The van der Waals surface area contributed by atoms with E-state index in [9.17, 15) is 9.18 Å². The van der Waals surface area contributed by atoms with Gasteiger partial charge in [-0.2, -0.15) is 0 Å². The number of benzene rings is 1. The maximum Gasteiger partial charge on any atom is 0.268 e. The molecule has 1 amide bonds. The smallest absolute Gasteiger partial charge is 0.268 e. The number of halogens is 1. The average molecular weight is 363 g/mol. The zero-order chi connectivity index (χ0) is 18.6. The first kappa shape index (κ1) is 17.0. The van der Waals surface area contributed by atoms with Crippen molar-refractivity contribution in [3.05, 3.63) is 89.8 Å². The Kier molecular flexibility index (Phi) is 4.70. The van der Waals surface area contributed by atoms with Gasteiger partial charge in [0.15, 0.2) is 0 Å². The summed E-state index contributed by atoms with van der Waals surface area (Å²) in [6.07, 6.45) is 3.96. The summed E-state index contributed by atoms with van der Waals surface area (Å²) < 4.78 is 20.8. The fourth-order valence-corrected chi connectivity index (χ4v) is 3.08. The molecule has 0 aliphatic heterocycles. The lowest BCUT2D eigenvalue weighted by atomic mass is 10.2. The molecule has 0 bridgehead atoms. The summed E-state index contributed by atoms with van der Waals surface area (Å²) in [5.74, 6) is -0.509. The number of fused-ring (bicyclic) bond motifs is 1. The van der Waals surface area contributed by atoms with Crippen LogP contribution in [0.25, 0.3) is 11.1 Å². The van der Waals surface area contributed by atoms with Gasteiger partial charge >= 0.3 is 0 Å². The zero-order valence-electron chi connectivity index (χ0n) is 14.6. The lowest BCUT2D eigenvalue weighted by Crippen LogP contribution is -2.28. The quantitative estimate of drug-likeness (QED) is 0.567. The van der Waals surface area contributed by atoms with Crippen LogP contribution in [0.5, 0.6) is 0 Å². The molecule has 1 N–H and O–H groups in total. The molecule has 0 spiro atoms. The van der Waals surface area contributed by atoms with E-state index in [4.69, 9.17) is 4.42 Å². The van der Waals surface area contributed by atoms with Crippen molar-refractivity contribution in [1.82, 2.24) is 14.9 Å². The number of nitrogens with zero attached hydrogens (tertiary/aromatic N) is 2. The second-order valence-electron chi connectivity index (χ2n) is 6.25. The van der Waals surface area contributed by atoms with Gasteiger partial charge in [0.1, 0.15) is 11.5 Å². The zero-order valence-corrected chi connectivity index (χ0v) is 14.6. The van der Waals surface area contributed by atoms with Crippen LogP contribution in [0.2, 0.25) is 0 Å². The number of hydrogen-bond donors (Lipinski definition) is 1. The molecule has 6 heteroatoms. The van der Waals surface area contributed by atoms with Crippen molar-refractivity contribution in [2.24, 2.45) is 0 Å². The number of carbonyl (C=O) groups excluding carboxylic acids is 1. The van der Waals surface area contributed by atoms with Gasteiger partial charge in [-0.25, -0.2) is 4.39 Å². The van der Waals surface area contributed by atoms with Crippen LogP contribution in [0.3, 0.4) is 0 Å². The second kappa shape index (κ2) is 7.45. The van der Waals surface area contributed by atoms with Gasteiger partial charge in [-0.15, -0.1) is 0 Å². The number of rotatable bonds is 6. The Hall–Kier alpha value is -3.41. The van der Waals surface area contributed by atoms with E-state index in [1.807, 2.05) is 30.3 Å². The molecular weight excluding hydrogens is 345 g/mol. The number of furan rings is 1. The lowest BCUT2D eigenvalue weighted by Gasteiger charge is -2.10. The molecule has 0 fully saturated rings. The summed E-state index contributed by atoms with van der Waals surface area (Å²) in [5.41, 5.74) is 2.75. The number of carbonyl (C=O) groups is 1. The van der Waals surface area contributed by atoms with E-state index in [1.54, 1.807) is 29.2 Å². The van der Waals surface area contributed by atoms with Crippen molar-refractivity contribution in [2.45, 2.75) is 13.0 Å². The van der Waals surface area contributed by atoms with Gasteiger partial charge in [0.2, 0.25) is 5.71 Å². The van der Waals surface area contributed by atoms with Crippen molar-refractivity contribution in [1.29, 1.82) is 0 Å². The minimum atomic E-state index is -0.309. The Bertz CT molecular complexity index is 1070. The maximum absolute atomic E-state index is 13.5. The van der Waals surface area contributed by atoms with E-state index in [-0.39, 0.29) is 11.7 Å². The Morgan fingerprint density at radius 3 is 2.89 bits per heavy atom. The van der Waals surface area contributed by atoms with Crippen LogP contribution in [-0.4, -0.2) is 22.0 Å². The van der Waals surface area contributed by atoms with Gasteiger partial charge < -0.3 is 14.3 Å². The highest BCUT2D eigenvalue weighted by atomic mass is 19.1. The molecule has 0 atom stereocenters. The third kappa shape index (κ3) is 3.74. The summed E-state index contributed by atoms with van der Waals surface area (Å²) in [6.45, 7) is 0.820. The topological polar surface area (TPSA) is 60.1 Å². The van der Waals surface area contributed by atoms with Crippen molar-refractivity contribution in [3.8, 4) is 0 Å². The standard InChI is InChI=1S/C21H18FN3O2/c22-17-5-3-4-15(12-17)14-25-19(13-16-8-11-27-21(16)25)20(26)24-10-7-18-6-1-2-9-23-18/h1-6,8-9,11-13H,7,10,14H2,(H,24,26). The number of aromatic nitrogens is 2. The van der Waals surface area contributed by atoms with E-state index in [0.29, 0.717) is 30.9 Å². The monoisotopic (exact) mass is 363 g/mol. The van der Waals surface area contributed by atoms with Crippen molar-refractivity contribution >= 4 is 17.0 Å². The highest BCUT2D eigenvalue weighted by Crippen LogP contribution is 2.22. The molecular formula is C21H18FN3O2. The molecule has 1 aromatic carbocycles. The fraction of sp³-hybridized carbons (Fsp3) is 0.143. The normalized spacial score (nSPS) is 11.0. The average Bonchev–Trinajstić information content (AvgIpc) is 3.25. The summed E-state index contributed by atoms with van der Waals surface area (Å²) in [5, 5.41) is 3.75. The molecule has 0 saturated carbocycles. The first-order valence-electron chi connectivity index (χ1n) is 8.70. The molecule has 3 heterocycles. The molecule has 0 aliphatic carbocycles. The van der Waals surface area contributed by atoms with Gasteiger partial charge in [-0.1, -0.05) is 18.2 Å². The maximum atomic E-state index is 13.5. The lowest BCUT2D eigenvalue weighted by molar-refractivity contribution is 0.0945. The van der Waals surface area contributed by atoms with Crippen LogP contribution in [0, 0.1) is 5.82 Å². The summed E-state index contributed by atoms with van der Waals surface area (Å²) in [6, 6.07) is 15.6. The van der Waals surface area contributed by atoms with Crippen LogP contribution in [0.4, 0.5) is 4.39 Å². The fourth-order valence-electron chi connectivity index (χ4n) is 3.08. The highest BCUT2D eigenvalue weighted by molar-refractivity contribution is 5.97. The van der Waals surface area contributed by atoms with Crippen LogP contribution in [-0.2, 0) is 13.0 Å². The van der Waals surface area contributed by atoms with Crippen molar-refractivity contribution in [3.63, 3.8) is 0 Å². The molecule has 0 radical (unpaired) electrons. The van der Waals surface area contributed by atoms with Crippen LogP contribution in [0.1, 0.15) is 21.7 Å². The molecule has 0 unspecified atom stereocenters. The van der Waals surface area contributed by atoms with Crippen LogP contribution < -0.4 is 5.32 Å². The number of pyridine rings is 1. The van der Waals surface area contributed by atoms with Gasteiger partial charge in [-0.05, 0) is 42.0 Å². The predicted molar refractivity (Wildman–Crippen MR) is 100.0 cm³/mol. The van der Waals surface area contributed by atoms with Crippen molar-refractivity contribution < 1.29 is 13.6 Å². The van der Waals surface area contributed by atoms with E-state index in [1.165, 1.54) is 12.1 Å². The van der Waals surface area contributed by atoms with E-state index >= 15 is 0 Å². The van der Waals surface area contributed by atoms with Gasteiger partial charge in [0, 0.05) is 30.2 Å². The van der Waals surface area contributed by atoms with E-state index in [2.05, 4.69) is 10.3 Å². The molecule has 5 nitrogen and oxygen atoms in total. The molecule has 27 heavy (non-hydrogen) atoms. The molecule has 3 aromatic heterocycles. The molecule has 4 aromatic rings. The van der Waals surface area contributed by atoms with Gasteiger partial charge in [-0.3, -0.25) is 9.78 Å². The van der Waals surface area contributed by atoms with Crippen LogP contribution in [0.15, 0.2) is 71.5 Å². The SMILES string of the molecule is O=C(NCCc1ccccn1)c1cc2ccoc2n1Cc1cccc(F)c1. The Labute approximate surface area is 155 Å². The first-order chi connectivity index (χ1) is 13.2. The first-order valence-corrected chi connectivity index (χ1v) is 8.70. The predicted octanol–water partition coefficient (Wildman–Crippen LogP) is 3.79. The largest absolute Gasteiger partial charge is 0.448 e. The summed E-state index contributed by atoms with van der Waals surface area (Å²) in [7, 11) is 0. The molecule has 136 valence electrons. The minimum absolute atomic E-state index is 0.200.